The van der Waals surface area contributed by atoms with Gasteiger partial charge in [-0.05, 0) is 6.07 Å². The van der Waals surface area contributed by atoms with Gasteiger partial charge < -0.3 is 10.6 Å². The topological polar surface area (TPSA) is 80.4 Å². The van der Waals surface area contributed by atoms with Crippen LogP contribution in [-0.4, -0.2) is 27.8 Å². The smallest absolute Gasteiger partial charge is 0.336 e. The van der Waals surface area contributed by atoms with E-state index in [4.69, 9.17) is 6.57 Å². The SMILES string of the molecule is [C-]#[N+]c1ccc(C(=O)Nc2c(C(F)(F)F)c(C(F)(F)C(F)(F)F)nn2C)cc1NC(C)=O. The second-order valence-corrected chi connectivity index (χ2v) is 6.24. The molecule has 0 spiro atoms. The molecule has 1 aromatic carbocycles. The molecule has 15 heteroatoms. The van der Waals surface area contributed by atoms with E-state index in [2.05, 4.69) is 15.3 Å². The van der Waals surface area contributed by atoms with Crippen LogP contribution in [0.3, 0.4) is 0 Å². The van der Waals surface area contributed by atoms with Crippen LogP contribution in [0.2, 0.25) is 0 Å². The van der Waals surface area contributed by atoms with Crippen LogP contribution in [0, 0.1) is 6.57 Å². The van der Waals surface area contributed by atoms with Crippen LogP contribution in [0.5, 0.6) is 0 Å². The van der Waals surface area contributed by atoms with Crippen molar-refractivity contribution in [3.63, 3.8) is 0 Å². The minimum Gasteiger partial charge on any atom is -0.336 e. The first-order chi connectivity index (χ1) is 14.5. The van der Waals surface area contributed by atoms with E-state index in [1.54, 1.807) is 5.32 Å². The summed E-state index contributed by atoms with van der Waals surface area (Å²) in [6.07, 6.45) is -12.1. The lowest BCUT2D eigenvalue weighted by atomic mass is 10.1. The van der Waals surface area contributed by atoms with Crippen molar-refractivity contribution >= 4 is 29.0 Å². The van der Waals surface area contributed by atoms with Gasteiger partial charge in [0.2, 0.25) is 11.6 Å². The number of alkyl halides is 8. The van der Waals surface area contributed by atoms with Gasteiger partial charge in [-0.25, -0.2) is 4.85 Å². The number of amides is 2. The van der Waals surface area contributed by atoms with E-state index >= 15 is 0 Å². The maximum atomic E-state index is 13.7. The predicted octanol–water partition coefficient (Wildman–Crippen LogP) is 4.85. The van der Waals surface area contributed by atoms with Gasteiger partial charge in [-0.15, -0.1) is 0 Å². The first-order valence-electron chi connectivity index (χ1n) is 8.20. The monoisotopic (exact) mass is 469 g/mol. The van der Waals surface area contributed by atoms with Gasteiger partial charge in [0.15, 0.2) is 5.69 Å². The maximum Gasteiger partial charge on any atom is 0.459 e. The summed E-state index contributed by atoms with van der Waals surface area (Å²) in [5.74, 6) is -9.42. The highest BCUT2D eigenvalue weighted by molar-refractivity contribution is 6.06. The number of carbonyl (C=O) groups is 2. The molecule has 0 saturated heterocycles. The largest absolute Gasteiger partial charge is 0.459 e. The minimum atomic E-state index is -6.38. The Morgan fingerprint density at radius 2 is 1.66 bits per heavy atom. The third kappa shape index (κ3) is 4.63. The number of anilines is 2. The second-order valence-electron chi connectivity index (χ2n) is 6.24. The molecule has 0 unspecified atom stereocenters. The fourth-order valence-electron chi connectivity index (χ4n) is 2.53. The van der Waals surface area contributed by atoms with Crippen molar-refractivity contribution in [2.45, 2.75) is 25.2 Å². The number of hydrogen-bond acceptors (Lipinski definition) is 3. The average Bonchev–Trinajstić information content (AvgIpc) is 2.97. The Hall–Kier alpha value is -3.70. The van der Waals surface area contributed by atoms with Crippen LogP contribution in [0.15, 0.2) is 18.2 Å². The van der Waals surface area contributed by atoms with Crippen LogP contribution in [-0.2, 0) is 23.9 Å². The molecule has 0 aliphatic carbocycles. The van der Waals surface area contributed by atoms with Crippen molar-refractivity contribution in [2.75, 3.05) is 10.6 Å². The number of benzene rings is 1. The molecule has 0 aliphatic heterocycles. The van der Waals surface area contributed by atoms with E-state index in [1.807, 2.05) is 0 Å². The summed E-state index contributed by atoms with van der Waals surface area (Å²) in [6.45, 7) is 8.07. The summed E-state index contributed by atoms with van der Waals surface area (Å²) in [6, 6.07) is 2.94. The molecule has 0 aliphatic rings. The number of aryl methyl sites for hydroxylation is 1. The predicted molar refractivity (Wildman–Crippen MR) is 93.1 cm³/mol. The Bertz CT molecular complexity index is 1110. The summed E-state index contributed by atoms with van der Waals surface area (Å²) in [5, 5.41) is 6.49. The number of hydrogen-bond donors (Lipinski definition) is 2. The Morgan fingerprint density at radius 3 is 2.12 bits per heavy atom. The van der Waals surface area contributed by atoms with Crippen molar-refractivity contribution in [1.29, 1.82) is 0 Å². The number of nitrogens with zero attached hydrogens (tertiary/aromatic N) is 3. The lowest BCUT2D eigenvalue weighted by molar-refractivity contribution is -0.292. The molecule has 0 bridgehead atoms. The molecule has 7 nitrogen and oxygen atoms in total. The summed E-state index contributed by atoms with van der Waals surface area (Å²) >= 11 is 0. The first kappa shape index (κ1) is 24.6. The molecular formula is C17H11F8N5O2. The Morgan fingerprint density at radius 1 is 1.06 bits per heavy atom. The molecular weight excluding hydrogens is 458 g/mol. The number of halogens is 8. The van der Waals surface area contributed by atoms with Gasteiger partial charge in [0.1, 0.15) is 11.4 Å². The molecule has 1 aromatic heterocycles. The lowest BCUT2D eigenvalue weighted by Gasteiger charge is -2.19. The molecule has 2 rings (SSSR count). The van der Waals surface area contributed by atoms with Gasteiger partial charge in [-0.3, -0.25) is 14.3 Å². The summed E-state index contributed by atoms with van der Waals surface area (Å²) in [5.41, 5.74) is -5.83. The zero-order valence-electron chi connectivity index (χ0n) is 15.9. The van der Waals surface area contributed by atoms with Crippen LogP contribution in [0.4, 0.5) is 52.3 Å². The van der Waals surface area contributed by atoms with Gasteiger partial charge in [0, 0.05) is 25.2 Å². The van der Waals surface area contributed by atoms with E-state index < -0.39 is 52.7 Å². The standard InChI is InChI=1S/C17H11F8N5O2/c1-7(31)27-10-6-8(4-5-9(10)26-2)14(32)28-13-11(16(20,21)22)12(29-30(13)3)15(18,19)17(23,24)25/h4-6H,1,3H3,(H,27,31)(H,28,32). The second kappa shape index (κ2) is 8.09. The van der Waals surface area contributed by atoms with Crippen molar-refractivity contribution < 1.29 is 44.7 Å². The van der Waals surface area contributed by atoms with Crippen molar-refractivity contribution in [3.05, 3.63) is 46.4 Å². The third-order valence-electron chi connectivity index (χ3n) is 3.91. The molecule has 2 amide bonds. The van der Waals surface area contributed by atoms with Gasteiger partial charge in [0.05, 0.1) is 6.57 Å². The van der Waals surface area contributed by atoms with Crippen molar-refractivity contribution in [3.8, 4) is 0 Å². The highest BCUT2D eigenvalue weighted by atomic mass is 19.4. The van der Waals surface area contributed by atoms with E-state index in [1.165, 1.54) is 0 Å². The van der Waals surface area contributed by atoms with Gasteiger partial charge in [-0.2, -0.15) is 40.2 Å². The molecule has 32 heavy (non-hydrogen) atoms. The molecule has 0 radical (unpaired) electrons. The molecule has 1 heterocycles. The van der Waals surface area contributed by atoms with E-state index in [-0.39, 0.29) is 16.1 Å². The molecule has 0 atom stereocenters. The number of nitrogens with one attached hydrogen (secondary N) is 2. The number of carbonyl (C=O) groups excluding carboxylic acids is 2. The number of aromatic nitrogens is 2. The van der Waals surface area contributed by atoms with Gasteiger partial charge >= 0.3 is 18.3 Å². The van der Waals surface area contributed by atoms with Crippen LogP contribution < -0.4 is 10.6 Å². The molecule has 0 saturated carbocycles. The summed E-state index contributed by atoms with van der Waals surface area (Å²) in [7, 11) is 0.631. The molecule has 0 fully saturated rings. The van der Waals surface area contributed by atoms with E-state index in [0.29, 0.717) is 7.05 Å². The third-order valence-corrected chi connectivity index (χ3v) is 3.91. The lowest BCUT2D eigenvalue weighted by Crippen LogP contribution is -2.36. The number of rotatable bonds is 4. The van der Waals surface area contributed by atoms with Crippen molar-refractivity contribution in [2.24, 2.45) is 7.05 Å². The van der Waals surface area contributed by atoms with E-state index in [0.717, 1.165) is 25.1 Å². The zero-order chi connectivity index (χ0) is 24.6. The first-order valence-corrected chi connectivity index (χ1v) is 8.20. The maximum absolute atomic E-state index is 13.7. The van der Waals surface area contributed by atoms with Crippen LogP contribution in [0.1, 0.15) is 28.5 Å². The summed E-state index contributed by atoms with van der Waals surface area (Å²) < 4.78 is 106. The zero-order valence-corrected chi connectivity index (χ0v) is 15.9. The normalized spacial score (nSPS) is 12.3. The fraction of sp³-hybridized carbons (Fsp3) is 0.294. The molecule has 2 N–H and O–H groups in total. The van der Waals surface area contributed by atoms with E-state index in [9.17, 15) is 44.7 Å². The summed E-state index contributed by atoms with van der Waals surface area (Å²) in [4.78, 5) is 26.7. The highest BCUT2D eigenvalue weighted by Gasteiger charge is 2.64. The Kier molecular flexibility index (Phi) is 6.21. The van der Waals surface area contributed by atoms with Crippen molar-refractivity contribution in [1.82, 2.24) is 9.78 Å². The quantitative estimate of drug-likeness (QED) is 0.496. The fourth-order valence-corrected chi connectivity index (χ4v) is 2.53. The Balaban J connectivity index is 2.58. The molecule has 172 valence electrons. The van der Waals surface area contributed by atoms with Crippen LogP contribution in [0.25, 0.3) is 4.85 Å². The van der Waals surface area contributed by atoms with Gasteiger partial charge in [0.25, 0.3) is 5.91 Å². The molecule has 2 aromatic rings. The Labute approximate surface area is 173 Å². The minimum absolute atomic E-state index is 0.0257. The average molecular weight is 469 g/mol. The highest BCUT2D eigenvalue weighted by Crippen LogP contribution is 2.49. The van der Waals surface area contributed by atoms with Crippen LogP contribution >= 0.6 is 0 Å². The van der Waals surface area contributed by atoms with Gasteiger partial charge in [-0.1, -0.05) is 12.1 Å².